The molecule has 1 atom stereocenters. The fraction of sp³-hybridized carbons (Fsp3) is 0.833. The van der Waals surface area contributed by atoms with Crippen LogP contribution in [0.1, 0.15) is 6.92 Å². The fourth-order valence-corrected chi connectivity index (χ4v) is 0.623. The average molecular weight is 100 g/mol. The molecule has 7 heavy (non-hydrogen) atoms. The third-order valence-electron chi connectivity index (χ3n) is 0.677. The van der Waals surface area contributed by atoms with E-state index < -0.39 is 0 Å². The number of hydrogen-bond acceptors (Lipinski definition) is 1. The molecule has 0 aromatic carbocycles. The van der Waals surface area contributed by atoms with E-state index in [-0.39, 0.29) is 0 Å². The smallest absolute Gasteiger partial charge is 0.0000921 e. The van der Waals surface area contributed by atoms with Crippen LogP contribution < -0.4 is 0 Å². The lowest BCUT2D eigenvalue weighted by molar-refractivity contribution is 0.370. The molecule has 0 aromatic heterocycles. The van der Waals surface area contributed by atoms with Crippen LogP contribution in [0.2, 0.25) is 0 Å². The first-order valence-corrected chi connectivity index (χ1v) is 2.60. The molecule has 0 bridgehead atoms. The molecule has 0 aliphatic rings. The maximum atomic E-state index is 3.84. The third kappa shape index (κ3) is 5.96. The SMILES string of the molecule is [CH2][C@H](C)CN(C)C. The summed E-state index contributed by atoms with van der Waals surface area (Å²) in [4.78, 5) is 2.14. The molecular weight excluding hydrogens is 86.1 g/mol. The summed E-state index contributed by atoms with van der Waals surface area (Å²) in [5, 5.41) is 0. The van der Waals surface area contributed by atoms with Gasteiger partial charge in [0.15, 0.2) is 0 Å². The maximum Gasteiger partial charge on any atom is 0.0000921 e. The van der Waals surface area contributed by atoms with Crippen LogP contribution in [-0.4, -0.2) is 25.5 Å². The molecule has 0 aliphatic heterocycles. The Morgan fingerprint density at radius 3 is 2.00 bits per heavy atom. The predicted octanol–water partition coefficient (Wildman–Crippen LogP) is 1.02. The summed E-state index contributed by atoms with van der Waals surface area (Å²) < 4.78 is 0. The summed E-state index contributed by atoms with van der Waals surface area (Å²) in [5.41, 5.74) is 0. The van der Waals surface area contributed by atoms with Crippen molar-refractivity contribution >= 4 is 0 Å². The van der Waals surface area contributed by atoms with Crippen molar-refractivity contribution in [3.05, 3.63) is 6.92 Å². The number of rotatable bonds is 2. The molecule has 1 radical (unpaired) electrons. The van der Waals surface area contributed by atoms with Crippen LogP contribution >= 0.6 is 0 Å². The second kappa shape index (κ2) is 3.03. The molecule has 0 saturated heterocycles. The van der Waals surface area contributed by atoms with Gasteiger partial charge in [0.2, 0.25) is 0 Å². The first-order valence-electron chi connectivity index (χ1n) is 2.60. The lowest BCUT2D eigenvalue weighted by atomic mass is 10.2. The standard InChI is InChI=1S/C6H14N/c1-6(2)5-7(3)4/h6H,1,5H2,2-4H3/t6-/m1/s1. The molecule has 0 heterocycles. The Kier molecular flexibility index (Phi) is 3.01. The van der Waals surface area contributed by atoms with Crippen molar-refractivity contribution in [2.24, 2.45) is 5.92 Å². The zero-order valence-corrected chi connectivity index (χ0v) is 5.44. The lowest BCUT2D eigenvalue weighted by Crippen LogP contribution is -2.17. The molecule has 0 rings (SSSR count). The minimum atomic E-state index is 0.551. The van der Waals surface area contributed by atoms with Gasteiger partial charge in [-0.2, -0.15) is 0 Å². The molecule has 1 nitrogen and oxygen atoms in total. The van der Waals surface area contributed by atoms with Gasteiger partial charge in [-0.15, -0.1) is 0 Å². The van der Waals surface area contributed by atoms with Crippen LogP contribution in [0.15, 0.2) is 0 Å². The van der Waals surface area contributed by atoms with Crippen LogP contribution in [0, 0.1) is 12.8 Å². The largest absolute Gasteiger partial charge is 0.309 e. The number of nitrogens with zero attached hydrogens (tertiary/aromatic N) is 1. The Labute approximate surface area is 46.3 Å². The topological polar surface area (TPSA) is 3.24 Å². The molecule has 0 aromatic rings. The maximum absolute atomic E-state index is 3.84. The fourth-order valence-electron chi connectivity index (χ4n) is 0.623. The minimum absolute atomic E-state index is 0.551. The quantitative estimate of drug-likeness (QED) is 0.500. The molecule has 43 valence electrons. The van der Waals surface area contributed by atoms with E-state index in [1.807, 2.05) is 0 Å². The van der Waals surface area contributed by atoms with Crippen molar-refractivity contribution < 1.29 is 0 Å². The summed E-state index contributed by atoms with van der Waals surface area (Å²) in [6.07, 6.45) is 0. The van der Waals surface area contributed by atoms with Gasteiger partial charge in [0.1, 0.15) is 0 Å². The molecule has 0 N–H and O–H groups in total. The van der Waals surface area contributed by atoms with E-state index >= 15 is 0 Å². The minimum Gasteiger partial charge on any atom is -0.309 e. The van der Waals surface area contributed by atoms with E-state index in [0.29, 0.717) is 5.92 Å². The molecule has 0 saturated carbocycles. The molecule has 0 fully saturated rings. The highest BCUT2D eigenvalue weighted by Gasteiger charge is 1.92. The second-order valence-electron chi connectivity index (χ2n) is 2.37. The van der Waals surface area contributed by atoms with E-state index in [1.54, 1.807) is 0 Å². The average Bonchev–Trinajstić information content (AvgIpc) is 1.27. The predicted molar refractivity (Wildman–Crippen MR) is 33.1 cm³/mol. The van der Waals surface area contributed by atoms with Crippen molar-refractivity contribution in [3.63, 3.8) is 0 Å². The van der Waals surface area contributed by atoms with E-state index in [1.165, 1.54) is 0 Å². The Hall–Kier alpha value is -0.0400. The monoisotopic (exact) mass is 100 g/mol. The van der Waals surface area contributed by atoms with Gasteiger partial charge in [-0.05, 0) is 26.9 Å². The summed E-state index contributed by atoms with van der Waals surface area (Å²) in [6, 6.07) is 0. The Bertz CT molecular complexity index is 33.4. The molecule has 0 amide bonds. The van der Waals surface area contributed by atoms with Gasteiger partial charge >= 0.3 is 0 Å². The molecule has 0 spiro atoms. The highest BCUT2D eigenvalue weighted by molar-refractivity contribution is 4.55. The van der Waals surface area contributed by atoms with Crippen molar-refractivity contribution in [2.75, 3.05) is 20.6 Å². The van der Waals surface area contributed by atoms with Crippen molar-refractivity contribution in [1.82, 2.24) is 4.90 Å². The van der Waals surface area contributed by atoms with Gasteiger partial charge in [-0.1, -0.05) is 6.92 Å². The zero-order chi connectivity index (χ0) is 5.86. The second-order valence-corrected chi connectivity index (χ2v) is 2.37. The van der Waals surface area contributed by atoms with Gasteiger partial charge in [0, 0.05) is 6.54 Å². The number of hydrogen-bond donors (Lipinski definition) is 0. The van der Waals surface area contributed by atoms with Crippen LogP contribution in [0.4, 0.5) is 0 Å². The first kappa shape index (κ1) is 6.96. The Balaban J connectivity index is 2.95. The molecular formula is C6H14N. The van der Waals surface area contributed by atoms with E-state index in [2.05, 4.69) is 32.8 Å². The van der Waals surface area contributed by atoms with Gasteiger partial charge in [-0.3, -0.25) is 0 Å². The van der Waals surface area contributed by atoms with Crippen LogP contribution in [-0.2, 0) is 0 Å². The normalized spacial score (nSPS) is 11.1. The summed E-state index contributed by atoms with van der Waals surface area (Å²) in [5.74, 6) is 0.551. The van der Waals surface area contributed by atoms with Gasteiger partial charge in [0.05, 0.1) is 0 Å². The van der Waals surface area contributed by atoms with E-state index in [4.69, 9.17) is 0 Å². The highest BCUT2D eigenvalue weighted by Crippen LogP contribution is 1.90. The van der Waals surface area contributed by atoms with Crippen molar-refractivity contribution in [2.45, 2.75) is 6.92 Å². The summed E-state index contributed by atoms with van der Waals surface area (Å²) >= 11 is 0. The van der Waals surface area contributed by atoms with Gasteiger partial charge < -0.3 is 4.90 Å². The van der Waals surface area contributed by atoms with Gasteiger partial charge in [-0.25, -0.2) is 0 Å². The highest BCUT2D eigenvalue weighted by atomic mass is 15.0. The summed E-state index contributed by atoms with van der Waals surface area (Å²) in [7, 11) is 4.11. The zero-order valence-electron chi connectivity index (χ0n) is 5.44. The van der Waals surface area contributed by atoms with Gasteiger partial charge in [0.25, 0.3) is 0 Å². The van der Waals surface area contributed by atoms with Crippen LogP contribution in [0.25, 0.3) is 0 Å². The lowest BCUT2D eigenvalue weighted by Gasteiger charge is -2.10. The Morgan fingerprint density at radius 2 is 2.00 bits per heavy atom. The van der Waals surface area contributed by atoms with Crippen LogP contribution in [0.5, 0.6) is 0 Å². The molecule has 0 aliphatic carbocycles. The molecule has 1 heteroatoms. The van der Waals surface area contributed by atoms with E-state index in [0.717, 1.165) is 6.54 Å². The van der Waals surface area contributed by atoms with E-state index in [9.17, 15) is 0 Å². The van der Waals surface area contributed by atoms with Crippen molar-refractivity contribution in [1.29, 1.82) is 0 Å². The first-order chi connectivity index (χ1) is 3.13. The molecule has 0 unspecified atom stereocenters. The van der Waals surface area contributed by atoms with Crippen LogP contribution in [0.3, 0.4) is 0 Å². The Morgan fingerprint density at radius 1 is 1.57 bits per heavy atom. The summed E-state index contributed by atoms with van der Waals surface area (Å²) in [6.45, 7) is 7.03. The third-order valence-corrected chi connectivity index (χ3v) is 0.677. The van der Waals surface area contributed by atoms with Crippen molar-refractivity contribution in [3.8, 4) is 0 Å².